The zero-order valence-corrected chi connectivity index (χ0v) is 11.4. The summed E-state index contributed by atoms with van der Waals surface area (Å²) >= 11 is 0. The van der Waals surface area contributed by atoms with Gasteiger partial charge in [0.1, 0.15) is 5.75 Å². The molecule has 0 radical (unpaired) electrons. The molecule has 0 aliphatic carbocycles. The second-order valence-corrected chi connectivity index (χ2v) is 6.21. The minimum absolute atomic E-state index is 0.0332. The molecule has 8 heteroatoms. The van der Waals surface area contributed by atoms with E-state index in [1.54, 1.807) is 0 Å². The Morgan fingerprint density at radius 2 is 2.05 bits per heavy atom. The van der Waals surface area contributed by atoms with Crippen LogP contribution in [0.3, 0.4) is 0 Å². The van der Waals surface area contributed by atoms with E-state index in [-0.39, 0.29) is 29.5 Å². The van der Waals surface area contributed by atoms with Gasteiger partial charge in [-0.3, -0.25) is 10.1 Å². The molecule has 1 aromatic carbocycles. The minimum Gasteiger partial charge on any atom is -0.496 e. The summed E-state index contributed by atoms with van der Waals surface area (Å²) in [4.78, 5) is 10.2. The first-order chi connectivity index (χ1) is 8.88. The Morgan fingerprint density at radius 1 is 1.37 bits per heavy atom. The molecule has 0 saturated heterocycles. The van der Waals surface area contributed by atoms with Gasteiger partial charge in [0.2, 0.25) is 0 Å². The van der Waals surface area contributed by atoms with Crippen LogP contribution < -0.4 is 10.5 Å². The van der Waals surface area contributed by atoms with E-state index < -0.39 is 14.8 Å². The number of hydrogen-bond acceptors (Lipinski definition) is 6. The summed E-state index contributed by atoms with van der Waals surface area (Å²) < 4.78 is 28.5. The highest BCUT2D eigenvalue weighted by Crippen LogP contribution is 2.24. The summed E-state index contributed by atoms with van der Waals surface area (Å²) in [6.07, 6.45) is 0.369. The van der Waals surface area contributed by atoms with Crippen LogP contribution >= 0.6 is 0 Å². The van der Waals surface area contributed by atoms with Crippen molar-refractivity contribution in [3.8, 4) is 5.75 Å². The monoisotopic (exact) mass is 288 g/mol. The third-order valence-electron chi connectivity index (χ3n) is 2.44. The predicted octanol–water partition coefficient (Wildman–Crippen LogP) is 0.867. The maximum absolute atomic E-state index is 11.8. The van der Waals surface area contributed by atoms with E-state index in [4.69, 9.17) is 10.5 Å². The van der Waals surface area contributed by atoms with Gasteiger partial charge in [0.15, 0.2) is 9.84 Å². The molecular formula is C11H16N2O5S. The maximum Gasteiger partial charge on any atom is 0.273 e. The van der Waals surface area contributed by atoms with Gasteiger partial charge in [-0.25, -0.2) is 8.42 Å². The molecule has 0 aliphatic rings. The van der Waals surface area contributed by atoms with Crippen LogP contribution in [0.4, 0.5) is 5.69 Å². The fourth-order valence-corrected chi connectivity index (χ4v) is 3.00. The number of non-ortho nitro benzene ring substituents is 1. The lowest BCUT2D eigenvalue weighted by molar-refractivity contribution is -0.385. The van der Waals surface area contributed by atoms with Gasteiger partial charge in [-0.15, -0.1) is 0 Å². The molecule has 2 N–H and O–H groups in total. The summed E-state index contributed by atoms with van der Waals surface area (Å²) in [5.41, 5.74) is 5.41. The molecule has 1 aromatic rings. The van der Waals surface area contributed by atoms with Crippen LogP contribution in [0.15, 0.2) is 18.2 Å². The first kappa shape index (κ1) is 15.4. The topological polar surface area (TPSA) is 113 Å². The Balaban J connectivity index is 3.00. The number of nitrogens with zero attached hydrogens (tertiary/aromatic N) is 1. The van der Waals surface area contributed by atoms with Crippen molar-refractivity contribution in [3.05, 3.63) is 33.9 Å². The lowest BCUT2D eigenvalue weighted by atomic mass is 10.2. The number of benzene rings is 1. The number of nitro benzene ring substituents is 1. The van der Waals surface area contributed by atoms with E-state index in [2.05, 4.69) is 0 Å². The zero-order chi connectivity index (χ0) is 14.5. The molecule has 0 spiro atoms. The van der Waals surface area contributed by atoms with Gasteiger partial charge in [0.05, 0.1) is 29.6 Å². The predicted molar refractivity (Wildman–Crippen MR) is 70.8 cm³/mol. The Hall–Kier alpha value is -1.67. The second-order valence-electron chi connectivity index (χ2n) is 4.03. The first-order valence-electron chi connectivity index (χ1n) is 5.61. The molecule has 106 valence electrons. The molecule has 0 unspecified atom stereocenters. The van der Waals surface area contributed by atoms with Crippen LogP contribution in [0.5, 0.6) is 5.75 Å². The van der Waals surface area contributed by atoms with E-state index in [1.165, 1.54) is 25.3 Å². The maximum atomic E-state index is 11.8. The van der Waals surface area contributed by atoms with Crippen molar-refractivity contribution >= 4 is 15.5 Å². The lowest BCUT2D eigenvalue weighted by Gasteiger charge is -2.06. The normalized spacial score (nSPS) is 11.3. The van der Waals surface area contributed by atoms with Crippen molar-refractivity contribution in [2.75, 3.05) is 19.4 Å². The number of nitro groups is 1. The molecule has 0 amide bonds. The van der Waals surface area contributed by atoms with Crippen molar-refractivity contribution in [2.45, 2.75) is 12.2 Å². The standard InChI is InChI=1S/C11H16N2O5S/c1-18-11-6-9(5-10(7-11)13(14)15)8-19(16,17)4-2-3-12/h5-7H,2-4,8,12H2,1H3. The van der Waals surface area contributed by atoms with Crippen molar-refractivity contribution in [3.63, 3.8) is 0 Å². The molecule has 0 heterocycles. The summed E-state index contributed by atoms with van der Waals surface area (Å²) in [5, 5.41) is 10.7. The van der Waals surface area contributed by atoms with E-state index in [0.717, 1.165) is 0 Å². The largest absolute Gasteiger partial charge is 0.496 e. The molecule has 0 fully saturated rings. The molecule has 0 aliphatic heterocycles. The third kappa shape index (κ3) is 4.84. The van der Waals surface area contributed by atoms with E-state index in [9.17, 15) is 18.5 Å². The van der Waals surface area contributed by atoms with E-state index in [0.29, 0.717) is 12.0 Å². The molecule has 1 rings (SSSR count). The van der Waals surface area contributed by atoms with Crippen LogP contribution in [-0.2, 0) is 15.6 Å². The van der Waals surface area contributed by atoms with Crippen molar-refractivity contribution in [2.24, 2.45) is 5.73 Å². The molecule has 19 heavy (non-hydrogen) atoms. The molecule has 0 atom stereocenters. The number of nitrogens with two attached hydrogens (primary N) is 1. The van der Waals surface area contributed by atoms with Crippen LogP contribution in [0.1, 0.15) is 12.0 Å². The number of hydrogen-bond donors (Lipinski definition) is 1. The fourth-order valence-electron chi connectivity index (χ4n) is 1.58. The van der Waals surface area contributed by atoms with Crippen LogP contribution in [0.25, 0.3) is 0 Å². The molecule has 0 bridgehead atoms. The Morgan fingerprint density at radius 3 is 2.58 bits per heavy atom. The molecule has 7 nitrogen and oxygen atoms in total. The number of methoxy groups -OCH3 is 1. The van der Waals surface area contributed by atoms with Crippen LogP contribution in [0, 0.1) is 10.1 Å². The highest BCUT2D eigenvalue weighted by molar-refractivity contribution is 7.90. The number of ether oxygens (including phenoxy) is 1. The SMILES string of the molecule is COc1cc(CS(=O)(=O)CCCN)cc([N+](=O)[O-])c1. The molecular weight excluding hydrogens is 272 g/mol. The molecule has 0 aromatic heterocycles. The van der Waals surface area contributed by atoms with Gasteiger partial charge in [-0.05, 0) is 24.6 Å². The lowest BCUT2D eigenvalue weighted by Crippen LogP contribution is -2.13. The van der Waals surface area contributed by atoms with E-state index in [1.807, 2.05) is 0 Å². The fraction of sp³-hybridized carbons (Fsp3) is 0.455. The van der Waals surface area contributed by atoms with Crippen LogP contribution in [-0.4, -0.2) is 32.7 Å². The first-order valence-corrected chi connectivity index (χ1v) is 7.43. The third-order valence-corrected chi connectivity index (χ3v) is 4.13. The summed E-state index contributed by atoms with van der Waals surface area (Å²) in [7, 11) is -1.96. The zero-order valence-electron chi connectivity index (χ0n) is 10.5. The van der Waals surface area contributed by atoms with Gasteiger partial charge < -0.3 is 10.5 Å². The Labute approximate surface area is 111 Å². The average molecular weight is 288 g/mol. The van der Waals surface area contributed by atoms with E-state index >= 15 is 0 Å². The summed E-state index contributed by atoms with van der Waals surface area (Å²) in [6, 6.07) is 3.96. The highest BCUT2D eigenvalue weighted by atomic mass is 32.2. The minimum atomic E-state index is -3.32. The number of rotatable bonds is 7. The van der Waals surface area contributed by atoms with Crippen molar-refractivity contribution < 1.29 is 18.1 Å². The highest BCUT2D eigenvalue weighted by Gasteiger charge is 2.16. The Bertz CT molecular complexity index is 556. The average Bonchev–Trinajstić information content (AvgIpc) is 2.35. The summed E-state index contributed by atoms with van der Waals surface area (Å²) in [5.74, 6) is -0.0299. The summed E-state index contributed by atoms with van der Waals surface area (Å²) in [6.45, 7) is 0.289. The molecule has 0 saturated carbocycles. The van der Waals surface area contributed by atoms with Gasteiger partial charge in [0.25, 0.3) is 5.69 Å². The number of sulfone groups is 1. The second kappa shape index (κ2) is 6.48. The smallest absolute Gasteiger partial charge is 0.273 e. The van der Waals surface area contributed by atoms with Crippen LogP contribution in [0.2, 0.25) is 0 Å². The van der Waals surface area contributed by atoms with Crippen molar-refractivity contribution in [1.29, 1.82) is 0 Å². The van der Waals surface area contributed by atoms with Gasteiger partial charge in [-0.1, -0.05) is 0 Å². The Kier molecular flexibility index (Phi) is 5.25. The van der Waals surface area contributed by atoms with Gasteiger partial charge in [-0.2, -0.15) is 0 Å². The van der Waals surface area contributed by atoms with Crippen molar-refractivity contribution in [1.82, 2.24) is 0 Å². The van der Waals surface area contributed by atoms with Gasteiger partial charge in [0, 0.05) is 6.07 Å². The quantitative estimate of drug-likeness (QED) is 0.588. The van der Waals surface area contributed by atoms with Gasteiger partial charge >= 0.3 is 0 Å².